The van der Waals surface area contributed by atoms with Gasteiger partial charge in [0.15, 0.2) is 11.0 Å². The van der Waals surface area contributed by atoms with Gasteiger partial charge in [0.1, 0.15) is 24.1 Å². The minimum Gasteiger partial charge on any atom is -0.461 e. The molecule has 3 saturated heterocycles. The summed E-state index contributed by atoms with van der Waals surface area (Å²) in [5.74, 6) is 1.48. The summed E-state index contributed by atoms with van der Waals surface area (Å²) in [5.41, 5.74) is -0.178. The van der Waals surface area contributed by atoms with Crippen molar-refractivity contribution in [2.75, 3.05) is 37.7 Å². The maximum atomic E-state index is 14.9. The maximum Gasteiger partial charge on any atom is 0.319 e. The van der Waals surface area contributed by atoms with E-state index in [4.69, 9.17) is 21.3 Å². The zero-order valence-electron chi connectivity index (χ0n) is 17.4. The van der Waals surface area contributed by atoms with Crippen LogP contribution in [0.5, 0.6) is 6.01 Å². The first-order valence-electron chi connectivity index (χ1n) is 11.3. The van der Waals surface area contributed by atoms with E-state index in [0.29, 0.717) is 36.7 Å². The number of hydrogen-bond donors (Lipinski definition) is 0. The average Bonchev–Trinajstić information content (AvgIpc) is 3.31. The zero-order valence-corrected chi connectivity index (χ0v) is 18.1. The highest BCUT2D eigenvalue weighted by atomic mass is 35.5. The Kier molecular flexibility index (Phi) is 4.72. The quantitative estimate of drug-likeness (QED) is 0.657. The van der Waals surface area contributed by atoms with Crippen LogP contribution >= 0.6 is 11.6 Å². The van der Waals surface area contributed by atoms with Crippen LogP contribution in [0.15, 0.2) is 6.20 Å². The third-order valence-corrected chi connectivity index (χ3v) is 7.92. The summed E-state index contributed by atoms with van der Waals surface area (Å²) in [6, 6.07) is 0.129. The number of halogens is 3. The molecule has 0 bridgehead atoms. The number of anilines is 1. The van der Waals surface area contributed by atoms with Crippen LogP contribution < -0.4 is 9.64 Å². The molecular weight excluding hydrogens is 424 g/mol. The molecule has 9 heteroatoms. The molecule has 1 aliphatic carbocycles. The Labute approximate surface area is 184 Å². The number of aromatic nitrogens is 3. The average molecular weight is 450 g/mol. The van der Waals surface area contributed by atoms with Gasteiger partial charge >= 0.3 is 6.01 Å². The van der Waals surface area contributed by atoms with Crippen LogP contribution in [0.3, 0.4) is 0 Å². The van der Waals surface area contributed by atoms with Crippen LogP contribution in [0.4, 0.5) is 14.6 Å². The zero-order chi connectivity index (χ0) is 21.2. The van der Waals surface area contributed by atoms with Crippen LogP contribution in [0.25, 0.3) is 10.9 Å². The SMILES string of the molecule is Fc1c(Cl)ncc2c(N3CCCC4CC4C3)nc(OC[C@@]34CCCN3C[C@H](F)C4)nc12. The van der Waals surface area contributed by atoms with Crippen molar-refractivity contribution < 1.29 is 13.5 Å². The van der Waals surface area contributed by atoms with Gasteiger partial charge in [0.25, 0.3) is 0 Å². The number of rotatable bonds is 4. The molecule has 6 nitrogen and oxygen atoms in total. The molecule has 0 radical (unpaired) electrons. The first-order valence-corrected chi connectivity index (χ1v) is 11.7. The minimum atomic E-state index is -0.831. The smallest absolute Gasteiger partial charge is 0.319 e. The Hall–Kier alpha value is -1.80. The molecule has 2 aromatic heterocycles. The monoisotopic (exact) mass is 449 g/mol. The van der Waals surface area contributed by atoms with Gasteiger partial charge in [-0.05, 0) is 50.5 Å². The van der Waals surface area contributed by atoms with Crippen LogP contribution in [-0.4, -0.2) is 64.3 Å². The molecular formula is C22H26ClF2N5O. The fraction of sp³-hybridized carbons (Fsp3) is 0.682. The van der Waals surface area contributed by atoms with Crippen molar-refractivity contribution in [3.8, 4) is 6.01 Å². The number of nitrogens with zero attached hydrogens (tertiary/aromatic N) is 5. The highest BCUT2D eigenvalue weighted by Crippen LogP contribution is 2.46. The first kappa shape index (κ1) is 19.9. The number of fused-ring (bicyclic) bond motifs is 3. The van der Waals surface area contributed by atoms with E-state index in [2.05, 4.69) is 19.8 Å². The van der Waals surface area contributed by atoms with Crippen molar-refractivity contribution >= 4 is 28.3 Å². The van der Waals surface area contributed by atoms with Gasteiger partial charge in [-0.15, -0.1) is 0 Å². The number of ether oxygens (including phenoxy) is 1. The molecule has 0 spiro atoms. The highest BCUT2D eigenvalue weighted by molar-refractivity contribution is 6.30. The second kappa shape index (κ2) is 7.37. The van der Waals surface area contributed by atoms with E-state index in [1.807, 2.05) is 0 Å². The van der Waals surface area contributed by atoms with E-state index in [1.165, 1.54) is 12.8 Å². The second-order valence-electron chi connectivity index (χ2n) is 9.66. The van der Waals surface area contributed by atoms with Crippen molar-refractivity contribution in [1.29, 1.82) is 0 Å². The molecule has 2 aromatic rings. The Morgan fingerprint density at radius 2 is 2.10 bits per heavy atom. The van der Waals surface area contributed by atoms with Gasteiger partial charge in [-0.25, -0.2) is 13.8 Å². The Bertz CT molecular complexity index is 1030. The van der Waals surface area contributed by atoms with Crippen molar-refractivity contribution in [3.05, 3.63) is 17.2 Å². The molecule has 4 aliphatic rings. The molecule has 4 fully saturated rings. The lowest BCUT2D eigenvalue weighted by molar-refractivity contribution is 0.107. The van der Waals surface area contributed by atoms with E-state index in [1.54, 1.807) is 6.20 Å². The van der Waals surface area contributed by atoms with E-state index in [9.17, 15) is 8.78 Å². The molecule has 0 N–H and O–H groups in total. The van der Waals surface area contributed by atoms with Crippen molar-refractivity contribution in [2.24, 2.45) is 11.8 Å². The summed E-state index contributed by atoms with van der Waals surface area (Å²) in [6.45, 7) is 3.43. The van der Waals surface area contributed by atoms with Gasteiger partial charge in [-0.2, -0.15) is 9.97 Å². The van der Waals surface area contributed by atoms with Crippen LogP contribution in [0.2, 0.25) is 5.15 Å². The Balaban J connectivity index is 1.35. The third kappa shape index (κ3) is 3.42. The molecule has 3 aliphatic heterocycles. The summed E-state index contributed by atoms with van der Waals surface area (Å²) < 4.78 is 35.0. The fourth-order valence-electron chi connectivity index (χ4n) is 5.95. The van der Waals surface area contributed by atoms with Crippen molar-refractivity contribution in [3.63, 3.8) is 0 Å². The van der Waals surface area contributed by atoms with Gasteiger partial charge in [-0.3, -0.25) is 4.90 Å². The summed E-state index contributed by atoms with van der Waals surface area (Å²) in [7, 11) is 0. The Morgan fingerprint density at radius 3 is 3.00 bits per heavy atom. The molecule has 1 saturated carbocycles. The highest BCUT2D eigenvalue weighted by Gasteiger charge is 2.49. The second-order valence-corrected chi connectivity index (χ2v) is 10.0. The lowest BCUT2D eigenvalue weighted by Gasteiger charge is -2.31. The topological polar surface area (TPSA) is 54.4 Å². The molecule has 5 heterocycles. The third-order valence-electron chi connectivity index (χ3n) is 7.66. The van der Waals surface area contributed by atoms with Gasteiger partial charge < -0.3 is 9.64 Å². The predicted octanol–water partition coefficient (Wildman–Crippen LogP) is 4.01. The summed E-state index contributed by atoms with van der Waals surface area (Å²) in [6.07, 6.45) is 6.69. The molecule has 4 atom stereocenters. The van der Waals surface area contributed by atoms with Crippen LogP contribution in [0.1, 0.15) is 38.5 Å². The normalized spacial score (nSPS) is 32.7. The van der Waals surface area contributed by atoms with E-state index < -0.39 is 12.0 Å². The maximum absolute atomic E-state index is 14.9. The van der Waals surface area contributed by atoms with Crippen LogP contribution in [0, 0.1) is 17.7 Å². The number of hydrogen-bond acceptors (Lipinski definition) is 6. The van der Waals surface area contributed by atoms with Crippen molar-refractivity contribution in [1.82, 2.24) is 19.9 Å². The van der Waals surface area contributed by atoms with E-state index >= 15 is 0 Å². The van der Waals surface area contributed by atoms with Gasteiger partial charge in [-0.1, -0.05) is 11.6 Å². The van der Waals surface area contributed by atoms with Gasteiger partial charge in [0, 0.05) is 32.3 Å². The van der Waals surface area contributed by atoms with E-state index in [-0.39, 0.29) is 22.2 Å². The van der Waals surface area contributed by atoms with E-state index in [0.717, 1.165) is 44.8 Å². The Morgan fingerprint density at radius 1 is 1.19 bits per heavy atom. The number of alkyl halides is 1. The molecule has 31 heavy (non-hydrogen) atoms. The van der Waals surface area contributed by atoms with Gasteiger partial charge in [0.05, 0.1) is 10.9 Å². The lowest BCUT2D eigenvalue weighted by Crippen LogP contribution is -2.43. The first-order chi connectivity index (χ1) is 15.0. The van der Waals surface area contributed by atoms with Crippen LogP contribution in [-0.2, 0) is 0 Å². The molecule has 6 rings (SSSR count). The molecule has 0 aromatic carbocycles. The predicted molar refractivity (Wildman–Crippen MR) is 114 cm³/mol. The molecule has 2 unspecified atom stereocenters. The van der Waals surface area contributed by atoms with Crippen molar-refractivity contribution in [2.45, 2.75) is 50.2 Å². The fourth-order valence-corrected chi connectivity index (χ4v) is 6.09. The molecule has 166 valence electrons. The summed E-state index contributed by atoms with van der Waals surface area (Å²) >= 11 is 5.95. The number of pyridine rings is 1. The summed E-state index contributed by atoms with van der Waals surface area (Å²) in [5, 5.41) is 0.344. The van der Waals surface area contributed by atoms with Gasteiger partial charge in [0.2, 0.25) is 0 Å². The minimum absolute atomic E-state index is 0.129. The standard InChI is InChI=1S/C22H26ClF2N5O/c23-19-17(25)18-16(9-26-19)20(29-5-1-3-13-7-14(13)10-29)28-21(27-18)31-12-22-4-2-6-30(22)11-15(24)8-22/h9,13-15H,1-8,10-12H2/t13?,14?,15-,22+/m1/s1. The lowest BCUT2D eigenvalue weighted by atomic mass is 9.95. The largest absolute Gasteiger partial charge is 0.461 e. The summed E-state index contributed by atoms with van der Waals surface area (Å²) in [4.78, 5) is 17.5. The molecule has 0 amide bonds.